The fraction of sp³-hybridized carbons (Fsp3) is 0.538. The van der Waals surface area contributed by atoms with Crippen LogP contribution in [0.1, 0.15) is 16.8 Å². The number of hydrogen-bond donors (Lipinski definition) is 1. The number of fused-ring (bicyclic) bond motifs is 2. The van der Waals surface area contributed by atoms with E-state index in [1.807, 2.05) is 11.0 Å². The lowest BCUT2D eigenvalue weighted by Crippen LogP contribution is -2.52. The first-order valence-corrected chi connectivity index (χ1v) is 7.12. The minimum Gasteiger partial charge on any atom is -0.338 e. The van der Waals surface area contributed by atoms with E-state index in [-0.39, 0.29) is 5.91 Å². The maximum Gasteiger partial charge on any atom is 0.255 e. The molecule has 0 saturated carbocycles. The van der Waals surface area contributed by atoms with Crippen LogP contribution in [-0.2, 0) is 0 Å². The second-order valence-corrected chi connectivity index (χ2v) is 6.14. The van der Waals surface area contributed by atoms with Gasteiger partial charge in [0.05, 0.1) is 5.56 Å². The number of carbonyl (C=O) groups excluding carboxylic acids is 1. The lowest BCUT2D eigenvalue weighted by atomic mass is 9.85. The molecule has 5 heteroatoms. The third-order valence-electron chi connectivity index (χ3n) is 3.73. The Morgan fingerprint density at radius 1 is 1.33 bits per heavy atom. The highest BCUT2D eigenvalue weighted by Gasteiger charge is 2.32. The van der Waals surface area contributed by atoms with Gasteiger partial charge in [0.15, 0.2) is 0 Å². The lowest BCUT2D eigenvalue weighted by Gasteiger charge is -2.41. The van der Waals surface area contributed by atoms with Gasteiger partial charge in [0, 0.05) is 30.0 Å². The van der Waals surface area contributed by atoms with Crippen LogP contribution >= 0.6 is 15.9 Å². The number of nitrogens with one attached hydrogen (secondary N) is 1. The quantitative estimate of drug-likeness (QED) is 0.855. The van der Waals surface area contributed by atoms with Crippen molar-refractivity contribution in [2.75, 3.05) is 26.2 Å². The summed E-state index contributed by atoms with van der Waals surface area (Å²) in [5, 5.41) is 3.44. The zero-order chi connectivity index (χ0) is 12.5. The maximum atomic E-state index is 12.4. The molecular formula is C13H16BrN3O. The van der Waals surface area contributed by atoms with Crippen LogP contribution in [0.25, 0.3) is 0 Å². The second kappa shape index (κ2) is 4.97. The number of nitrogens with zero attached hydrogens (tertiary/aromatic N) is 2. The molecule has 4 nitrogen and oxygen atoms in total. The molecule has 2 saturated heterocycles. The minimum atomic E-state index is 0.111. The van der Waals surface area contributed by atoms with E-state index in [0.29, 0.717) is 17.4 Å². The highest BCUT2D eigenvalue weighted by molar-refractivity contribution is 9.10. The van der Waals surface area contributed by atoms with Gasteiger partial charge in [-0.05, 0) is 53.3 Å². The summed E-state index contributed by atoms with van der Waals surface area (Å²) < 4.78 is 0.854. The first-order chi connectivity index (χ1) is 8.72. The number of piperidine rings is 2. The monoisotopic (exact) mass is 309 g/mol. The van der Waals surface area contributed by atoms with E-state index < -0.39 is 0 Å². The molecule has 2 aliphatic rings. The summed E-state index contributed by atoms with van der Waals surface area (Å²) in [7, 11) is 0. The van der Waals surface area contributed by atoms with E-state index in [1.165, 1.54) is 6.42 Å². The highest BCUT2D eigenvalue weighted by Crippen LogP contribution is 2.25. The van der Waals surface area contributed by atoms with Crippen LogP contribution in [0.5, 0.6) is 0 Å². The number of aromatic nitrogens is 1. The van der Waals surface area contributed by atoms with Gasteiger partial charge < -0.3 is 10.2 Å². The number of rotatable bonds is 1. The molecule has 1 aromatic rings. The van der Waals surface area contributed by atoms with Gasteiger partial charge in [-0.25, -0.2) is 0 Å². The number of hydrogen-bond acceptors (Lipinski definition) is 3. The predicted octanol–water partition coefficient (Wildman–Crippen LogP) is 1.53. The Morgan fingerprint density at radius 2 is 2.06 bits per heavy atom. The van der Waals surface area contributed by atoms with Crippen LogP contribution in [0.3, 0.4) is 0 Å². The van der Waals surface area contributed by atoms with Crippen LogP contribution in [0.15, 0.2) is 22.9 Å². The summed E-state index contributed by atoms with van der Waals surface area (Å²) in [5.41, 5.74) is 0.678. The van der Waals surface area contributed by atoms with E-state index >= 15 is 0 Å². The third-order valence-corrected chi connectivity index (χ3v) is 4.16. The summed E-state index contributed by atoms with van der Waals surface area (Å²) in [6, 6.07) is 1.85. The van der Waals surface area contributed by atoms with Gasteiger partial charge in [0.2, 0.25) is 0 Å². The molecule has 1 amide bonds. The number of pyridine rings is 1. The van der Waals surface area contributed by atoms with Crippen molar-refractivity contribution in [1.29, 1.82) is 0 Å². The van der Waals surface area contributed by atoms with Crippen molar-refractivity contribution in [3.63, 3.8) is 0 Å². The second-order valence-electron chi connectivity index (χ2n) is 5.23. The van der Waals surface area contributed by atoms with Gasteiger partial charge in [-0.3, -0.25) is 9.78 Å². The Hall–Kier alpha value is -0.940. The van der Waals surface area contributed by atoms with Crippen molar-refractivity contribution >= 4 is 21.8 Å². The number of carbonyl (C=O) groups is 1. The Labute approximate surface area is 115 Å². The van der Waals surface area contributed by atoms with Crippen molar-refractivity contribution in [3.8, 4) is 0 Å². The van der Waals surface area contributed by atoms with Crippen molar-refractivity contribution in [1.82, 2.24) is 15.2 Å². The van der Waals surface area contributed by atoms with Crippen LogP contribution in [0.4, 0.5) is 0 Å². The smallest absolute Gasteiger partial charge is 0.255 e. The Bertz CT molecular complexity index is 453. The summed E-state index contributed by atoms with van der Waals surface area (Å²) in [6.07, 6.45) is 4.61. The zero-order valence-electron chi connectivity index (χ0n) is 10.1. The predicted molar refractivity (Wildman–Crippen MR) is 72.3 cm³/mol. The van der Waals surface area contributed by atoms with Crippen molar-refractivity contribution in [2.45, 2.75) is 6.42 Å². The Kier molecular flexibility index (Phi) is 3.35. The summed E-state index contributed by atoms with van der Waals surface area (Å²) in [5.74, 6) is 1.34. The number of halogens is 1. The van der Waals surface area contributed by atoms with Crippen molar-refractivity contribution in [2.24, 2.45) is 11.8 Å². The Morgan fingerprint density at radius 3 is 2.72 bits per heavy atom. The normalized spacial score (nSPS) is 27.1. The van der Waals surface area contributed by atoms with Gasteiger partial charge in [0.1, 0.15) is 0 Å². The first-order valence-electron chi connectivity index (χ1n) is 6.33. The average Bonchev–Trinajstić information content (AvgIpc) is 2.37. The standard InChI is InChI=1S/C13H16BrN3O/c14-12-2-11(5-16-6-12)13(18)17-7-9-1-10(8-17)4-15-3-9/h2,5-6,9-10,15H,1,3-4,7-8H2/t9-,10+. The van der Waals surface area contributed by atoms with Gasteiger partial charge in [-0.2, -0.15) is 0 Å². The molecule has 18 heavy (non-hydrogen) atoms. The van der Waals surface area contributed by atoms with Crippen molar-refractivity contribution < 1.29 is 4.79 Å². The lowest BCUT2D eigenvalue weighted by molar-refractivity contribution is 0.0537. The fourth-order valence-electron chi connectivity index (χ4n) is 2.98. The average molecular weight is 310 g/mol. The van der Waals surface area contributed by atoms with Crippen molar-refractivity contribution in [3.05, 3.63) is 28.5 Å². The number of amides is 1. The molecule has 2 bridgehead atoms. The molecule has 0 aromatic carbocycles. The zero-order valence-corrected chi connectivity index (χ0v) is 11.7. The molecular weight excluding hydrogens is 294 g/mol. The molecule has 3 heterocycles. The minimum absolute atomic E-state index is 0.111. The molecule has 2 atom stereocenters. The summed E-state index contributed by atoms with van der Waals surface area (Å²) in [6.45, 7) is 3.82. The Balaban J connectivity index is 1.76. The topological polar surface area (TPSA) is 45.2 Å². The highest BCUT2D eigenvalue weighted by atomic mass is 79.9. The van der Waals surface area contributed by atoms with E-state index in [2.05, 4.69) is 26.2 Å². The third kappa shape index (κ3) is 2.42. The van der Waals surface area contributed by atoms with E-state index in [1.54, 1.807) is 12.4 Å². The maximum absolute atomic E-state index is 12.4. The van der Waals surface area contributed by atoms with Gasteiger partial charge in [-0.15, -0.1) is 0 Å². The molecule has 3 rings (SSSR count). The van der Waals surface area contributed by atoms with E-state index in [9.17, 15) is 4.79 Å². The van der Waals surface area contributed by atoms with E-state index in [4.69, 9.17) is 0 Å². The van der Waals surface area contributed by atoms with Gasteiger partial charge in [0.25, 0.3) is 5.91 Å². The molecule has 2 aliphatic heterocycles. The first kappa shape index (κ1) is 12.1. The molecule has 2 fully saturated rings. The molecule has 0 aliphatic carbocycles. The number of likely N-dealkylation sites (tertiary alicyclic amines) is 1. The largest absolute Gasteiger partial charge is 0.338 e. The molecule has 1 aromatic heterocycles. The molecule has 0 radical (unpaired) electrons. The van der Waals surface area contributed by atoms with Crippen LogP contribution in [-0.4, -0.2) is 42.0 Å². The van der Waals surface area contributed by atoms with Crippen LogP contribution < -0.4 is 5.32 Å². The SMILES string of the molecule is O=C(c1cncc(Br)c1)N1C[C@@H]2CNC[C@@H](C2)C1. The summed E-state index contributed by atoms with van der Waals surface area (Å²) >= 11 is 3.36. The molecule has 0 unspecified atom stereocenters. The molecule has 0 spiro atoms. The van der Waals surface area contributed by atoms with Gasteiger partial charge in [-0.1, -0.05) is 0 Å². The summed E-state index contributed by atoms with van der Waals surface area (Å²) in [4.78, 5) is 18.5. The van der Waals surface area contributed by atoms with E-state index in [0.717, 1.165) is 30.7 Å². The fourth-order valence-corrected chi connectivity index (χ4v) is 3.35. The van der Waals surface area contributed by atoms with Gasteiger partial charge >= 0.3 is 0 Å². The molecule has 1 N–H and O–H groups in total. The molecule has 96 valence electrons. The van der Waals surface area contributed by atoms with Crippen LogP contribution in [0.2, 0.25) is 0 Å². The van der Waals surface area contributed by atoms with Crippen LogP contribution in [0, 0.1) is 11.8 Å².